The standard InChI is InChI=1S/C18H23N5O3S/c1-2-3-12-21-22-18(27-12)20-17(26)19-8-9-23-15(24)13-10-4-5-11(7-6-10)14(13)16(23)25/h4-5,10-11,13-14H,2-3,6-9H2,1H3,(H2,19,20,22,26). The summed E-state index contributed by atoms with van der Waals surface area (Å²) in [4.78, 5) is 38.7. The van der Waals surface area contributed by atoms with Crippen molar-refractivity contribution >= 4 is 34.3 Å². The first-order chi connectivity index (χ1) is 13.1. The zero-order chi connectivity index (χ0) is 19.0. The molecule has 1 aromatic rings. The van der Waals surface area contributed by atoms with Crippen LogP contribution in [0.4, 0.5) is 9.93 Å². The fraction of sp³-hybridized carbons (Fsp3) is 0.611. The smallest absolute Gasteiger partial charge is 0.321 e. The summed E-state index contributed by atoms with van der Waals surface area (Å²) in [5.74, 6) is -0.194. The first-order valence-corrected chi connectivity index (χ1v) is 10.3. The Bertz CT molecular complexity index is 760. The third kappa shape index (κ3) is 3.36. The maximum atomic E-state index is 12.7. The summed E-state index contributed by atoms with van der Waals surface area (Å²) in [6.45, 7) is 2.47. The molecule has 5 rings (SSSR count). The van der Waals surface area contributed by atoms with Crippen LogP contribution >= 0.6 is 11.3 Å². The maximum Gasteiger partial charge on any atom is 0.321 e. The van der Waals surface area contributed by atoms with Crippen LogP contribution in [0.5, 0.6) is 0 Å². The van der Waals surface area contributed by atoms with Crippen molar-refractivity contribution in [2.24, 2.45) is 23.7 Å². The largest absolute Gasteiger partial charge is 0.336 e. The van der Waals surface area contributed by atoms with Gasteiger partial charge in [-0.3, -0.25) is 19.8 Å². The summed E-state index contributed by atoms with van der Waals surface area (Å²) in [7, 11) is 0. The predicted molar refractivity (Wildman–Crippen MR) is 100.0 cm³/mol. The molecule has 2 N–H and O–H groups in total. The number of amides is 4. The minimum atomic E-state index is -0.410. The van der Waals surface area contributed by atoms with Crippen LogP contribution in [0.2, 0.25) is 0 Å². The number of carbonyl (C=O) groups is 3. The fourth-order valence-electron chi connectivity index (χ4n) is 4.40. The lowest BCUT2D eigenvalue weighted by molar-refractivity contribution is -0.140. The van der Waals surface area contributed by atoms with E-state index in [1.165, 1.54) is 16.2 Å². The van der Waals surface area contributed by atoms with Crippen molar-refractivity contribution in [2.45, 2.75) is 32.6 Å². The lowest BCUT2D eigenvalue weighted by atomic mass is 9.63. The van der Waals surface area contributed by atoms with Gasteiger partial charge in [-0.25, -0.2) is 4.79 Å². The number of nitrogens with one attached hydrogen (secondary N) is 2. The van der Waals surface area contributed by atoms with Crippen LogP contribution in [0.3, 0.4) is 0 Å². The van der Waals surface area contributed by atoms with Gasteiger partial charge in [0.15, 0.2) is 0 Å². The number of hydrogen-bond acceptors (Lipinski definition) is 6. The summed E-state index contributed by atoms with van der Waals surface area (Å²) in [6.07, 6.45) is 7.97. The summed E-state index contributed by atoms with van der Waals surface area (Å²) in [5.41, 5.74) is 0. The van der Waals surface area contributed by atoms with Crippen LogP contribution in [0.25, 0.3) is 0 Å². The van der Waals surface area contributed by atoms with Crippen molar-refractivity contribution in [1.29, 1.82) is 0 Å². The molecule has 0 radical (unpaired) electrons. The molecule has 4 amide bonds. The Hall–Kier alpha value is -2.29. The van der Waals surface area contributed by atoms with Crippen molar-refractivity contribution in [3.8, 4) is 0 Å². The molecule has 27 heavy (non-hydrogen) atoms. The zero-order valence-electron chi connectivity index (χ0n) is 15.2. The SMILES string of the molecule is CCCc1nnc(NC(=O)NCCN2C(=O)C3C4C=CC(CC4)C3C2=O)s1. The number of aryl methyl sites for hydroxylation is 1. The molecule has 9 heteroatoms. The number of hydrogen-bond donors (Lipinski definition) is 2. The Labute approximate surface area is 161 Å². The number of likely N-dealkylation sites (tertiary alicyclic amines) is 1. The molecule has 1 aliphatic heterocycles. The molecule has 2 fully saturated rings. The predicted octanol–water partition coefficient (Wildman–Crippen LogP) is 1.81. The number of urea groups is 1. The highest BCUT2D eigenvalue weighted by molar-refractivity contribution is 7.15. The number of fused-ring (bicyclic) bond motifs is 1. The fourth-order valence-corrected chi connectivity index (χ4v) is 5.23. The van der Waals surface area contributed by atoms with Gasteiger partial charge in [0.25, 0.3) is 0 Å². The monoisotopic (exact) mass is 389 g/mol. The quantitative estimate of drug-likeness (QED) is 0.570. The number of aromatic nitrogens is 2. The summed E-state index contributed by atoms with van der Waals surface area (Å²) >= 11 is 1.35. The molecule has 3 aliphatic carbocycles. The number of anilines is 1. The minimum absolute atomic E-state index is 0.0837. The van der Waals surface area contributed by atoms with Gasteiger partial charge in [0.1, 0.15) is 5.01 Å². The van der Waals surface area contributed by atoms with Gasteiger partial charge in [0, 0.05) is 19.5 Å². The van der Waals surface area contributed by atoms with Gasteiger partial charge < -0.3 is 5.32 Å². The van der Waals surface area contributed by atoms with E-state index < -0.39 is 6.03 Å². The average Bonchev–Trinajstić information content (AvgIpc) is 3.21. The van der Waals surface area contributed by atoms with E-state index in [4.69, 9.17) is 0 Å². The molecule has 2 heterocycles. The van der Waals surface area contributed by atoms with Crippen molar-refractivity contribution in [1.82, 2.24) is 20.4 Å². The van der Waals surface area contributed by atoms with E-state index in [0.717, 1.165) is 30.7 Å². The van der Waals surface area contributed by atoms with E-state index in [0.29, 0.717) is 5.13 Å². The molecule has 0 spiro atoms. The van der Waals surface area contributed by atoms with Crippen molar-refractivity contribution in [3.05, 3.63) is 17.2 Å². The van der Waals surface area contributed by atoms with E-state index in [9.17, 15) is 14.4 Å². The lowest BCUT2D eigenvalue weighted by Gasteiger charge is -2.38. The molecule has 4 atom stereocenters. The normalized spacial score (nSPS) is 28.6. The average molecular weight is 389 g/mol. The van der Waals surface area contributed by atoms with Crippen LogP contribution in [0, 0.1) is 23.7 Å². The van der Waals surface area contributed by atoms with Gasteiger partial charge in [-0.15, -0.1) is 10.2 Å². The molecule has 8 nitrogen and oxygen atoms in total. The van der Waals surface area contributed by atoms with E-state index in [-0.39, 0.29) is 48.6 Å². The van der Waals surface area contributed by atoms with E-state index >= 15 is 0 Å². The first kappa shape index (κ1) is 18.1. The third-order valence-electron chi connectivity index (χ3n) is 5.62. The Morgan fingerprint density at radius 2 is 1.85 bits per heavy atom. The second kappa shape index (κ2) is 7.38. The number of carbonyl (C=O) groups excluding carboxylic acids is 3. The van der Waals surface area contributed by atoms with Gasteiger partial charge >= 0.3 is 6.03 Å². The lowest BCUT2D eigenvalue weighted by Crippen LogP contribution is -2.40. The molecule has 2 bridgehead atoms. The Morgan fingerprint density at radius 1 is 1.19 bits per heavy atom. The zero-order valence-corrected chi connectivity index (χ0v) is 16.0. The van der Waals surface area contributed by atoms with E-state index in [2.05, 4.69) is 39.9 Å². The molecule has 4 aliphatic rings. The minimum Gasteiger partial charge on any atom is -0.336 e. The van der Waals surface area contributed by atoms with Crippen molar-refractivity contribution in [3.63, 3.8) is 0 Å². The van der Waals surface area contributed by atoms with Crippen molar-refractivity contribution in [2.75, 3.05) is 18.4 Å². The van der Waals surface area contributed by atoms with Gasteiger partial charge in [0.05, 0.1) is 11.8 Å². The van der Waals surface area contributed by atoms with Crippen LogP contribution in [-0.2, 0) is 16.0 Å². The summed E-state index contributed by atoms with van der Waals surface area (Å²) in [6, 6.07) is -0.410. The van der Waals surface area contributed by atoms with Gasteiger partial charge in [-0.05, 0) is 31.1 Å². The van der Waals surface area contributed by atoms with Crippen LogP contribution in [-0.4, -0.2) is 46.0 Å². The molecule has 0 aromatic carbocycles. The Balaban J connectivity index is 1.28. The molecule has 1 saturated carbocycles. The molecular formula is C18H23N5O3S. The third-order valence-corrected chi connectivity index (χ3v) is 6.52. The molecule has 1 aromatic heterocycles. The van der Waals surface area contributed by atoms with E-state index in [1.807, 2.05) is 0 Å². The van der Waals surface area contributed by atoms with E-state index in [1.54, 1.807) is 0 Å². The molecule has 1 saturated heterocycles. The number of imide groups is 1. The highest BCUT2D eigenvalue weighted by atomic mass is 32.1. The van der Waals surface area contributed by atoms with Crippen LogP contribution < -0.4 is 10.6 Å². The molecule has 144 valence electrons. The molecule has 4 unspecified atom stereocenters. The summed E-state index contributed by atoms with van der Waals surface area (Å²) in [5, 5.41) is 14.6. The van der Waals surface area contributed by atoms with Gasteiger partial charge in [-0.1, -0.05) is 30.4 Å². The highest BCUT2D eigenvalue weighted by Crippen LogP contribution is 2.49. The second-order valence-electron chi connectivity index (χ2n) is 7.30. The Morgan fingerprint density at radius 3 is 2.44 bits per heavy atom. The Kier molecular flexibility index (Phi) is 4.94. The van der Waals surface area contributed by atoms with Gasteiger partial charge in [0.2, 0.25) is 16.9 Å². The number of allylic oxidation sites excluding steroid dienone is 2. The van der Waals surface area contributed by atoms with Crippen LogP contribution in [0.1, 0.15) is 31.2 Å². The molecular weight excluding hydrogens is 366 g/mol. The first-order valence-electron chi connectivity index (χ1n) is 9.49. The highest BCUT2D eigenvalue weighted by Gasteiger charge is 2.56. The topological polar surface area (TPSA) is 104 Å². The van der Waals surface area contributed by atoms with Crippen LogP contribution in [0.15, 0.2) is 12.2 Å². The van der Waals surface area contributed by atoms with Gasteiger partial charge in [-0.2, -0.15) is 0 Å². The second-order valence-corrected chi connectivity index (χ2v) is 8.36. The van der Waals surface area contributed by atoms with Crippen molar-refractivity contribution < 1.29 is 14.4 Å². The summed E-state index contributed by atoms with van der Waals surface area (Å²) < 4.78 is 0. The number of nitrogens with zero attached hydrogens (tertiary/aromatic N) is 3. The maximum absolute atomic E-state index is 12.7. The number of rotatable bonds is 6.